The molecule has 1 rings (SSSR count). The van der Waals surface area contributed by atoms with Gasteiger partial charge in [0, 0.05) is 0 Å². The fourth-order valence-electron chi connectivity index (χ4n) is 1.63. The molecule has 0 aromatic heterocycles. The van der Waals surface area contributed by atoms with E-state index in [1.54, 1.807) is 0 Å². The molecule has 0 aromatic carbocycles. The molecular formula is C10H18Cl2NSiTi. The Morgan fingerprint density at radius 2 is 1.87 bits per heavy atom. The van der Waals surface area contributed by atoms with Gasteiger partial charge in [0.05, 0.1) is 0 Å². The molecular weight excluding hydrogens is 281 g/mol. The van der Waals surface area contributed by atoms with Crippen LogP contribution in [0.3, 0.4) is 0 Å². The van der Waals surface area contributed by atoms with Crippen LogP contribution in [-0.2, 0) is 21.7 Å². The molecule has 0 aliphatic heterocycles. The molecule has 1 aliphatic rings. The SMILES string of the molecule is CC(C)N[Si](C)(C)C1=[C-]CC=C1.[Cl-].[Cl-].[Ti+3]. The summed E-state index contributed by atoms with van der Waals surface area (Å²) in [5, 5.41) is 1.43. The molecule has 15 heavy (non-hydrogen) atoms. The van der Waals surface area contributed by atoms with Crippen molar-refractivity contribution in [1.82, 2.24) is 4.98 Å². The Morgan fingerprint density at radius 3 is 2.20 bits per heavy atom. The summed E-state index contributed by atoms with van der Waals surface area (Å²) in [5.74, 6) is 0. The molecule has 0 spiro atoms. The molecule has 0 heterocycles. The van der Waals surface area contributed by atoms with E-state index in [0.29, 0.717) is 6.04 Å². The maximum atomic E-state index is 3.65. The van der Waals surface area contributed by atoms with Crippen LogP contribution in [0.2, 0.25) is 13.1 Å². The predicted molar refractivity (Wildman–Crippen MR) is 56.3 cm³/mol. The number of hydrogen-bond donors (Lipinski definition) is 1. The minimum Gasteiger partial charge on any atom is -1.00 e. The normalized spacial score (nSPS) is 13.8. The summed E-state index contributed by atoms with van der Waals surface area (Å²) in [5.41, 5.74) is 0. The fraction of sp³-hybridized carbons (Fsp3) is 0.600. The molecule has 1 radical (unpaired) electrons. The van der Waals surface area contributed by atoms with Gasteiger partial charge in [-0.15, -0.1) is 6.42 Å². The van der Waals surface area contributed by atoms with Gasteiger partial charge in [0.25, 0.3) is 0 Å². The number of allylic oxidation sites excluding steroid dienone is 4. The van der Waals surface area contributed by atoms with Crippen LogP contribution >= 0.6 is 0 Å². The Balaban J connectivity index is -0.000000480. The van der Waals surface area contributed by atoms with Gasteiger partial charge in [-0.1, -0.05) is 26.9 Å². The molecule has 0 saturated carbocycles. The van der Waals surface area contributed by atoms with Crippen molar-refractivity contribution in [2.24, 2.45) is 0 Å². The van der Waals surface area contributed by atoms with Crippen molar-refractivity contribution in [3.8, 4) is 0 Å². The van der Waals surface area contributed by atoms with Gasteiger partial charge in [0.15, 0.2) is 0 Å². The molecule has 0 atom stereocenters. The zero-order valence-electron chi connectivity index (χ0n) is 9.70. The van der Waals surface area contributed by atoms with Crippen molar-refractivity contribution in [3.63, 3.8) is 0 Å². The molecule has 1 N–H and O–H groups in total. The van der Waals surface area contributed by atoms with E-state index in [0.717, 1.165) is 6.42 Å². The van der Waals surface area contributed by atoms with E-state index in [1.165, 1.54) is 5.20 Å². The van der Waals surface area contributed by atoms with E-state index in [-0.39, 0.29) is 46.5 Å². The summed E-state index contributed by atoms with van der Waals surface area (Å²) >= 11 is 0. The average molecular weight is 299 g/mol. The van der Waals surface area contributed by atoms with Crippen LogP contribution in [0, 0.1) is 6.08 Å². The third-order valence-corrected chi connectivity index (χ3v) is 5.01. The minimum atomic E-state index is -1.36. The Morgan fingerprint density at radius 1 is 1.33 bits per heavy atom. The van der Waals surface area contributed by atoms with E-state index in [4.69, 9.17) is 0 Å². The van der Waals surface area contributed by atoms with Crippen LogP contribution < -0.4 is 29.8 Å². The van der Waals surface area contributed by atoms with Crippen LogP contribution in [0.15, 0.2) is 17.3 Å². The summed E-state index contributed by atoms with van der Waals surface area (Å²) in [6.07, 6.45) is 8.82. The first kappa shape index (κ1) is 21.3. The van der Waals surface area contributed by atoms with Crippen molar-refractivity contribution in [1.29, 1.82) is 0 Å². The Labute approximate surface area is 122 Å². The summed E-state index contributed by atoms with van der Waals surface area (Å²) in [6.45, 7) is 9.08. The van der Waals surface area contributed by atoms with E-state index in [9.17, 15) is 0 Å². The van der Waals surface area contributed by atoms with Crippen LogP contribution in [0.1, 0.15) is 20.3 Å². The van der Waals surface area contributed by atoms with Gasteiger partial charge in [0.1, 0.15) is 8.24 Å². The molecule has 0 saturated heterocycles. The second kappa shape index (κ2) is 9.03. The van der Waals surface area contributed by atoms with Crippen LogP contribution in [0.25, 0.3) is 0 Å². The average Bonchev–Trinajstić information content (AvgIpc) is 2.32. The number of hydrogen-bond acceptors (Lipinski definition) is 1. The zero-order chi connectivity index (χ0) is 9.19. The first-order valence-corrected chi connectivity index (χ1v) is 7.58. The minimum absolute atomic E-state index is 0. The zero-order valence-corrected chi connectivity index (χ0v) is 13.8. The molecule has 0 unspecified atom stereocenters. The Bertz CT molecular complexity index is 227. The van der Waals surface area contributed by atoms with E-state index in [2.05, 4.69) is 50.2 Å². The first-order valence-electron chi connectivity index (χ1n) is 4.58. The molecule has 0 amide bonds. The largest absolute Gasteiger partial charge is 3.00 e. The number of halogens is 2. The predicted octanol–water partition coefficient (Wildman–Crippen LogP) is -3.58. The maximum absolute atomic E-state index is 3.65. The van der Waals surface area contributed by atoms with Crippen LogP contribution in [0.5, 0.6) is 0 Å². The third kappa shape index (κ3) is 6.98. The molecule has 0 fully saturated rings. The smallest absolute Gasteiger partial charge is 1.00 e. The van der Waals surface area contributed by atoms with Gasteiger partial charge in [0.2, 0.25) is 0 Å². The van der Waals surface area contributed by atoms with Gasteiger partial charge < -0.3 is 29.8 Å². The molecule has 1 aliphatic carbocycles. The summed E-state index contributed by atoms with van der Waals surface area (Å²) in [7, 11) is -1.36. The van der Waals surface area contributed by atoms with Gasteiger partial charge in [-0.25, -0.2) is 11.3 Å². The van der Waals surface area contributed by atoms with Gasteiger partial charge >= 0.3 is 21.7 Å². The molecule has 0 bridgehead atoms. The Hall–Kier alpha value is 0.951. The summed E-state index contributed by atoms with van der Waals surface area (Å²) < 4.78 is 0. The monoisotopic (exact) mass is 298 g/mol. The number of rotatable bonds is 3. The standard InChI is InChI=1S/C10H18NSi.2ClH.Ti/c1-9(2)11-12(3,4)10-7-5-6-8-10;;;/h5,7,9,11H,6H2,1-4H3;2*1H;/q-1;;;+3/p-2. The van der Waals surface area contributed by atoms with Crippen LogP contribution in [0.4, 0.5) is 0 Å². The van der Waals surface area contributed by atoms with Crippen molar-refractivity contribution >= 4 is 8.24 Å². The van der Waals surface area contributed by atoms with Crippen molar-refractivity contribution in [3.05, 3.63) is 23.4 Å². The van der Waals surface area contributed by atoms with Crippen LogP contribution in [-0.4, -0.2) is 14.3 Å². The van der Waals surface area contributed by atoms with E-state index >= 15 is 0 Å². The molecule has 0 aromatic rings. The van der Waals surface area contributed by atoms with Crippen molar-refractivity contribution in [2.75, 3.05) is 0 Å². The Kier molecular flexibility index (Phi) is 12.8. The van der Waals surface area contributed by atoms with Crippen molar-refractivity contribution in [2.45, 2.75) is 39.4 Å². The maximum Gasteiger partial charge on any atom is 3.00 e. The molecule has 85 valence electrons. The topological polar surface area (TPSA) is 12.0 Å². The molecule has 5 heteroatoms. The third-order valence-electron chi connectivity index (χ3n) is 2.02. The van der Waals surface area contributed by atoms with E-state index in [1.807, 2.05) is 0 Å². The number of nitrogens with one attached hydrogen (secondary N) is 1. The second-order valence-electron chi connectivity index (χ2n) is 4.12. The van der Waals surface area contributed by atoms with E-state index < -0.39 is 8.24 Å². The fourth-order valence-corrected chi connectivity index (χ4v) is 4.31. The molecule has 1 nitrogen and oxygen atoms in total. The first-order chi connectivity index (χ1) is 5.52. The quantitative estimate of drug-likeness (QED) is 0.420. The second-order valence-corrected chi connectivity index (χ2v) is 8.20. The van der Waals surface area contributed by atoms with Gasteiger partial charge in [-0.3, -0.25) is 6.08 Å². The van der Waals surface area contributed by atoms with Gasteiger partial charge in [-0.05, 0) is 6.04 Å². The van der Waals surface area contributed by atoms with Gasteiger partial charge in [-0.2, -0.15) is 6.08 Å². The summed E-state index contributed by atoms with van der Waals surface area (Å²) in [6, 6.07) is 0.579. The van der Waals surface area contributed by atoms with Crippen molar-refractivity contribution < 1.29 is 46.5 Å². The summed E-state index contributed by atoms with van der Waals surface area (Å²) in [4.78, 5) is 3.65.